The molecule has 0 spiro atoms. The van der Waals surface area contributed by atoms with Gasteiger partial charge in [0.05, 0.1) is 24.7 Å². The van der Waals surface area contributed by atoms with Crippen LogP contribution in [0.25, 0.3) is 0 Å². The molecule has 2 aromatic heterocycles. The van der Waals surface area contributed by atoms with Gasteiger partial charge < -0.3 is 15.2 Å². The summed E-state index contributed by atoms with van der Waals surface area (Å²) in [6, 6.07) is 4.90. The van der Waals surface area contributed by atoms with E-state index >= 15 is 0 Å². The molecule has 120 valence electrons. The van der Waals surface area contributed by atoms with Crippen LogP contribution < -0.4 is 5.32 Å². The van der Waals surface area contributed by atoms with Gasteiger partial charge in [0.2, 0.25) is 5.91 Å². The van der Waals surface area contributed by atoms with Crippen LogP contribution in [0.2, 0.25) is 10.2 Å². The molecule has 3 rings (SSSR count). The lowest BCUT2D eigenvalue weighted by Gasteiger charge is -2.37. The van der Waals surface area contributed by atoms with Crippen molar-refractivity contribution >= 4 is 34.9 Å². The van der Waals surface area contributed by atoms with E-state index < -0.39 is 5.60 Å². The Morgan fingerprint density at radius 1 is 1.30 bits per heavy atom. The summed E-state index contributed by atoms with van der Waals surface area (Å²) in [5, 5.41) is 13.7. The minimum atomic E-state index is -1.13. The molecule has 23 heavy (non-hydrogen) atoms. The molecule has 1 fully saturated rings. The van der Waals surface area contributed by atoms with Crippen LogP contribution in [-0.4, -0.2) is 34.2 Å². The molecule has 2 N–H and O–H groups in total. The highest BCUT2D eigenvalue weighted by Crippen LogP contribution is 2.34. The Morgan fingerprint density at radius 2 is 2.09 bits per heavy atom. The number of hydrogen-bond donors (Lipinski definition) is 2. The summed E-state index contributed by atoms with van der Waals surface area (Å²) in [5.74, 6) is 0.0587. The number of carbonyl (C=O) groups excluding carboxylic acids is 1. The molecule has 0 unspecified atom stereocenters. The second-order valence-electron chi connectivity index (χ2n) is 5.29. The van der Waals surface area contributed by atoms with Gasteiger partial charge in [-0.3, -0.25) is 4.79 Å². The van der Waals surface area contributed by atoms with Crippen molar-refractivity contribution in [2.45, 2.75) is 12.0 Å². The summed E-state index contributed by atoms with van der Waals surface area (Å²) < 4.78 is 5.02. The van der Waals surface area contributed by atoms with Gasteiger partial charge in [0.15, 0.2) is 0 Å². The number of nitrogens with zero attached hydrogens (tertiary/aromatic N) is 2. The smallest absolute Gasteiger partial charge is 0.230 e. The Kier molecular flexibility index (Phi) is 4.50. The molecule has 0 aromatic carbocycles. The van der Waals surface area contributed by atoms with Crippen molar-refractivity contribution in [3.8, 4) is 0 Å². The molecule has 8 heteroatoms. The fourth-order valence-electron chi connectivity index (χ4n) is 2.20. The average molecular weight is 354 g/mol. The summed E-state index contributed by atoms with van der Waals surface area (Å²) in [5.41, 5.74) is 0.0931. The third-order valence-electron chi connectivity index (χ3n) is 3.46. The first-order valence-electron chi connectivity index (χ1n) is 6.83. The molecule has 0 aliphatic carbocycles. The zero-order valence-corrected chi connectivity index (χ0v) is 13.4. The molecule has 1 saturated heterocycles. The molecule has 2 aromatic rings. The van der Waals surface area contributed by atoms with Gasteiger partial charge in [-0.1, -0.05) is 29.3 Å². The Bertz CT molecular complexity index is 733. The normalized spacial score (nSPS) is 15.8. The lowest BCUT2D eigenvalue weighted by Crippen LogP contribution is -2.46. The van der Waals surface area contributed by atoms with Crippen molar-refractivity contribution in [2.24, 2.45) is 0 Å². The largest absolute Gasteiger partial charge is 0.380 e. The van der Waals surface area contributed by atoms with Gasteiger partial charge in [0.25, 0.3) is 0 Å². The number of aliphatic hydroxyl groups is 1. The topological polar surface area (TPSA) is 84.3 Å². The van der Waals surface area contributed by atoms with Crippen molar-refractivity contribution in [1.82, 2.24) is 9.97 Å². The molecule has 1 amide bonds. The third-order valence-corrected chi connectivity index (χ3v) is 3.98. The number of carbonyl (C=O) groups is 1. The van der Waals surface area contributed by atoms with Gasteiger partial charge in [0, 0.05) is 18.0 Å². The minimum absolute atomic E-state index is 0.136. The second-order valence-corrected chi connectivity index (χ2v) is 6.08. The Hall–Kier alpha value is -1.73. The lowest BCUT2D eigenvalue weighted by molar-refractivity contribution is -0.184. The van der Waals surface area contributed by atoms with Crippen LogP contribution in [0, 0.1) is 0 Å². The SMILES string of the molecule is O=C(Cc1ccc(Cl)nc1)Nc1cc(C2(O)COC2)c(Cl)cn1. The number of ether oxygens (including phenoxy) is 1. The van der Waals surface area contributed by atoms with Crippen LogP contribution >= 0.6 is 23.2 Å². The lowest BCUT2D eigenvalue weighted by atomic mass is 9.93. The fraction of sp³-hybridized carbons (Fsp3) is 0.267. The summed E-state index contributed by atoms with van der Waals surface area (Å²) in [6.07, 6.45) is 3.07. The average Bonchev–Trinajstić information content (AvgIpc) is 2.49. The fourth-order valence-corrected chi connectivity index (χ4v) is 2.59. The van der Waals surface area contributed by atoms with Crippen LogP contribution in [-0.2, 0) is 21.6 Å². The molecule has 3 heterocycles. The summed E-state index contributed by atoms with van der Waals surface area (Å²) in [4.78, 5) is 20.0. The first-order chi connectivity index (χ1) is 11.0. The van der Waals surface area contributed by atoms with Crippen molar-refractivity contribution in [1.29, 1.82) is 0 Å². The Labute approximate surface area is 142 Å². The highest BCUT2D eigenvalue weighted by atomic mass is 35.5. The van der Waals surface area contributed by atoms with Crippen molar-refractivity contribution < 1.29 is 14.6 Å². The molecular formula is C15H13Cl2N3O3. The molecule has 6 nitrogen and oxygen atoms in total. The zero-order chi connectivity index (χ0) is 16.4. The van der Waals surface area contributed by atoms with Gasteiger partial charge in [-0.15, -0.1) is 0 Å². The van der Waals surface area contributed by atoms with Gasteiger partial charge in [-0.25, -0.2) is 9.97 Å². The predicted octanol–water partition coefficient (Wildman–Crippen LogP) is 2.18. The molecule has 0 bridgehead atoms. The van der Waals surface area contributed by atoms with E-state index in [9.17, 15) is 9.90 Å². The first kappa shape index (κ1) is 16.1. The number of halogens is 2. The van der Waals surface area contributed by atoms with Crippen molar-refractivity contribution in [2.75, 3.05) is 18.5 Å². The summed E-state index contributed by atoms with van der Waals surface area (Å²) in [7, 11) is 0. The van der Waals surface area contributed by atoms with E-state index in [-0.39, 0.29) is 25.5 Å². The molecule has 0 atom stereocenters. The van der Waals surface area contributed by atoms with Crippen LogP contribution in [0.3, 0.4) is 0 Å². The number of nitrogens with one attached hydrogen (secondary N) is 1. The predicted molar refractivity (Wildman–Crippen MR) is 85.5 cm³/mol. The number of rotatable bonds is 4. The number of hydrogen-bond acceptors (Lipinski definition) is 5. The number of anilines is 1. The van der Waals surface area contributed by atoms with Crippen LogP contribution in [0.5, 0.6) is 0 Å². The van der Waals surface area contributed by atoms with E-state index in [0.717, 1.165) is 5.56 Å². The third kappa shape index (κ3) is 3.61. The number of pyridine rings is 2. The number of amides is 1. The van der Waals surface area contributed by atoms with Gasteiger partial charge in [-0.2, -0.15) is 0 Å². The molecule has 0 radical (unpaired) electrons. The van der Waals surface area contributed by atoms with Gasteiger partial charge in [0.1, 0.15) is 16.6 Å². The van der Waals surface area contributed by atoms with Crippen molar-refractivity contribution in [3.63, 3.8) is 0 Å². The maximum Gasteiger partial charge on any atom is 0.230 e. The van der Waals surface area contributed by atoms with Gasteiger partial charge >= 0.3 is 0 Å². The van der Waals surface area contributed by atoms with Crippen LogP contribution in [0.15, 0.2) is 30.6 Å². The van der Waals surface area contributed by atoms with E-state index in [0.29, 0.717) is 21.6 Å². The summed E-state index contributed by atoms with van der Waals surface area (Å²) in [6.45, 7) is 0.334. The Morgan fingerprint density at radius 3 is 2.70 bits per heavy atom. The van der Waals surface area contributed by atoms with E-state index in [1.54, 1.807) is 18.2 Å². The Balaban J connectivity index is 1.71. The van der Waals surface area contributed by atoms with Crippen LogP contribution in [0.1, 0.15) is 11.1 Å². The molecule has 1 aliphatic rings. The monoisotopic (exact) mass is 353 g/mol. The maximum atomic E-state index is 12.1. The molecular weight excluding hydrogens is 341 g/mol. The molecule has 0 saturated carbocycles. The summed E-state index contributed by atoms with van der Waals surface area (Å²) >= 11 is 11.8. The number of aromatic nitrogens is 2. The zero-order valence-electron chi connectivity index (χ0n) is 11.9. The highest BCUT2D eigenvalue weighted by Gasteiger charge is 2.40. The molecule has 1 aliphatic heterocycles. The van der Waals surface area contributed by atoms with Gasteiger partial charge in [-0.05, 0) is 17.7 Å². The quantitative estimate of drug-likeness (QED) is 0.823. The van der Waals surface area contributed by atoms with E-state index in [4.69, 9.17) is 27.9 Å². The van der Waals surface area contributed by atoms with Crippen LogP contribution in [0.4, 0.5) is 5.82 Å². The van der Waals surface area contributed by atoms with Crippen molar-refractivity contribution in [3.05, 3.63) is 51.9 Å². The first-order valence-corrected chi connectivity index (χ1v) is 7.58. The van der Waals surface area contributed by atoms with E-state index in [1.165, 1.54) is 12.4 Å². The second kappa shape index (κ2) is 6.41. The minimum Gasteiger partial charge on any atom is -0.380 e. The van der Waals surface area contributed by atoms with E-state index in [1.807, 2.05) is 0 Å². The maximum absolute atomic E-state index is 12.1. The standard InChI is InChI=1S/C15H13Cl2N3O3/c16-11-6-19-13(4-10(11)15(22)7-23-8-15)20-14(21)3-9-1-2-12(17)18-5-9/h1-2,4-6,22H,3,7-8H2,(H,19,20,21). The van der Waals surface area contributed by atoms with E-state index in [2.05, 4.69) is 15.3 Å². The highest BCUT2D eigenvalue weighted by molar-refractivity contribution is 6.31.